The molecule has 22 atom stereocenters. The van der Waals surface area contributed by atoms with Crippen LogP contribution < -0.4 is 0 Å². The number of cyclic esters (lactones) is 1. The Morgan fingerprint density at radius 3 is 2.08 bits per heavy atom. The summed E-state index contributed by atoms with van der Waals surface area (Å²) in [5.74, 6) is -8.01. The normalized spacial score (nSPS) is 41.4. The highest BCUT2D eigenvalue weighted by atomic mass is 16.7. The van der Waals surface area contributed by atoms with E-state index in [0.717, 1.165) is 0 Å². The highest BCUT2D eigenvalue weighted by Crippen LogP contribution is 2.40. The molecule has 0 aromatic carbocycles. The molecule has 4 aliphatic heterocycles. The van der Waals surface area contributed by atoms with Crippen LogP contribution in [0.2, 0.25) is 0 Å². The summed E-state index contributed by atoms with van der Waals surface area (Å²) < 4.78 is 69.6. The Morgan fingerprint density at radius 1 is 0.824 bits per heavy atom. The molecule has 21 heteroatoms. The van der Waals surface area contributed by atoms with Crippen LogP contribution in [0.25, 0.3) is 0 Å². The summed E-state index contributed by atoms with van der Waals surface area (Å²) in [7, 11) is 4.27. The van der Waals surface area contributed by atoms with Crippen molar-refractivity contribution in [3.63, 3.8) is 0 Å². The SMILES string of the molecule is CO/N=C1\C[C@@H](C)O[C@@H](O[C@@H]2[C@@H](C)[C@H](O[C@H]3C[C@@H](C)N(CCO)C[C@H](C)O3)[C@@H](C)C(=O)O[C@H]([C@@H](C)CO[C@@H]3O[C@H](C)[C@@H](O)[C@@H](OC)[C@H]3OC)[C@H](C)[C@@H](OC(=O)CC(C)C)[C@@H](C)C(=O)[C@@](C)(OC(C)=O)C[C@@H]2C)[C@@H]1O. The Hall–Kier alpha value is -2.93. The van der Waals surface area contributed by atoms with Gasteiger partial charge in [0, 0.05) is 77.3 Å². The zero-order chi connectivity index (χ0) is 55.5. The predicted octanol–water partition coefficient (Wildman–Crippen LogP) is 4.21. The van der Waals surface area contributed by atoms with Gasteiger partial charge in [-0.15, -0.1) is 0 Å². The minimum atomic E-state index is -1.86. The van der Waals surface area contributed by atoms with E-state index in [2.05, 4.69) is 10.1 Å². The first-order valence-corrected chi connectivity index (χ1v) is 26.6. The Bertz CT molecular complexity index is 1820. The summed E-state index contributed by atoms with van der Waals surface area (Å²) in [6.07, 6.45) is -12.7. The summed E-state index contributed by atoms with van der Waals surface area (Å²) >= 11 is 0. The van der Waals surface area contributed by atoms with Crippen molar-refractivity contribution in [3.8, 4) is 0 Å². The number of hydrogen-bond donors (Lipinski definition) is 3. The maximum absolute atomic E-state index is 15.4. The molecule has 21 nitrogen and oxygen atoms in total. The molecule has 0 saturated carbocycles. The molecular formula is C53H92N2O19. The fraction of sp³-hybridized carbons (Fsp3) is 0.906. The minimum absolute atomic E-state index is 0.0172. The molecule has 4 heterocycles. The zero-order valence-corrected chi connectivity index (χ0v) is 47.1. The molecule has 0 aromatic heterocycles. The number of β-amino-alcohol motifs (C(OH)–C–C–N with tert-alkyl or cyclic N) is 1. The number of esters is 3. The Balaban J connectivity index is 1.95. The van der Waals surface area contributed by atoms with E-state index >= 15 is 9.59 Å². The number of ether oxygens (including phenoxy) is 11. The van der Waals surface area contributed by atoms with Gasteiger partial charge in [0.2, 0.25) is 0 Å². The van der Waals surface area contributed by atoms with E-state index in [1.54, 1.807) is 41.5 Å². The van der Waals surface area contributed by atoms with Crippen molar-refractivity contribution < 1.29 is 91.4 Å². The van der Waals surface area contributed by atoms with E-state index < -0.39 is 145 Å². The molecule has 3 N–H and O–H groups in total. The summed E-state index contributed by atoms with van der Waals surface area (Å²) in [6.45, 7) is 25.1. The molecule has 4 aliphatic rings. The van der Waals surface area contributed by atoms with E-state index in [4.69, 9.17) is 56.9 Å². The largest absolute Gasteiger partial charge is 0.461 e. The second-order valence-corrected chi connectivity index (χ2v) is 22.1. The first-order chi connectivity index (χ1) is 34.7. The number of oxime groups is 1. The first-order valence-electron chi connectivity index (χ1n) is 26.6. The van der Waals surface area contributed by atoms with E-state index in [9.17, 15) is 24.9 Å². The molecule has 4 saturated heterocycles. The lowest BCUT2D eigenvalue weighted by molar-refractivity contribution is -0.305. The zero-order valence-electron chi connectivity index (χ0n) is 47.1. The van der Waals surface area contributed by atoms with Crippen LogP contribution in [-0.2, 0) is 76.1 Å². The molecule has 0 aliphatic carbocycles. The molecule has 74 heavy (non-hydrogen) atoms. The summed E-state index contributed by atoms with van der Waals surface area (Å²) in [6, 6.07) is -0.111. The number of aliphatic hydroxyl groups excluding tert-OH is 3. The molecular weight excluding hydrogens is 969 g/mol. The van der Waals surface area contributed by atoms with E-state index in [1.807, 2.05) is 41.5 Å². The number of aliphatic hydroxyl groups is 3. The highest BCUT2D eigenvalue weighted by Gasteiger charge is 2.52. The van der Waals surface area contributed by atoms with Crippen LogP contribution in [0.5, 0.6) is 0 Å². The van der Waals surface area contributed by atoms with E-state index in [1.165, 1.54) is 35.2 Å². The number of hydrogen-bond acceptors (Lipinski definition) is 21. The predicted molar refractivity (Wildman–Crippen MR) is 268 cm³/mol. The van der Waals surface area contributed by atoms with Crippen LogP contribution >= 0.6 is 0 Å². The number of Topliss-reactive ketones (excluding diaryl/α,β-unsaturated/α-hetero) is 1. The van der Waals surface area contributed by atoms with Crippen molar-refractivity contribution in [1.82, 2.24) is 4.90 Å². The number of methoxy groups -OCH3 is 2. The van der Waals surface area contributed by atoms with Crippen molar-refractivity contribution in [2.75, 3.05) is 47.6 Å². The first kappa shape index (κ1) is 63.6. The quantitative estimate of drug-likeness (QED) is 0.105. The van der Waals surface area contributed by atoms with Crippen molar-refractivity contribution in [1.29, 1.82) is 0 Å². The molecule has 0 unspecified atom stereocenters. The lowest BCUT2D eigenvalue weighted by atomic mass is 9.74. The van der Waals surface area contributed by atoms with Gasteiger partial charge in [0.1, 0.15) is 43.7 Å². The van der Waals surface area contributed by atoms with Gasteiger partial charge in [0.25, 0.3) is 0 Å². The second kappa shape index (κ2) is 28.6. The fourth-order valence-electron chi connectivity index (χ4n) is 11.4. The lowest BCUT2D eigenvalue weighted by Gasteiger charge is -2.45. The van der Waals surface area contributed by atoms with Gasteiger partial charge >= 0.3 is 17.9 Å². The molecule has 4 rings (SSSR count). The van der Waals surface area contributed by atoms with Gasteiger partial charge < -0.3 is 72.3 Å². The van der Waals surface area contributed by atoms with E-state index in [-0.39, 0.29) is 56.3 Å². The maximum Gasteiger partial charge on any atom is 0.311 e. The van der Waals surface area contributed by atoms with Crippen LogP contribution in [0.15, 0.2) is 5.16 Å². The van der Waals surface area contributed by atoms with Crippen molar-refractivity contribution in [2.45, 2.75) is 220 Å². The Labute approximate surface area is 439 Å². The van der Waals surface area contributed by atoms with Gasteiger partial charge in [-0.25, -0.2) is 0 Å². The summed E-state index contributed by atoms with van der Waals surface area (Å²) in [4.78, 5) is 64.9. The molecule has 4 fully saturated rings. The number of carbonyl (C=O) groups is 4. The van der Waals surface area contributed by atoms with Gasteiger partial charge in [-0.3, -0.25) is 24.1 Å². The summed E-state index contributed by atoms with van der Waals surface area (Å²) in [5.41, 5.74) is -1.57. The Morgan fingerprint density at radius 2 is 1.49 bits per heavy atom. The topological polar surface area (TPSA) is 255 Å². The van der Waals surface area contributed by atoms with Crippen molar-refractivity contribution in [2.24, 2.45) is 46.6 Å². The Kier molecular flexibility index (Phi) is 24.6. The van der Waals surface area contributed by atoms with Crippen LogP contribution in [0.4, 0.5) is 0 Å². The average molecular weight is 1060 g/mol. The minimum Gasteiger partial charge on any atom is -0.461 e. The van der Waals surface area contributed by atoms with E-state index in [0.29, 0.717) is 19.5 Å². The van der Waals surface area contributed by atoms with Crippen molar-refractivity contribution >= 4 is 29.4 Å². The molecule has 0 amide bonds. The van der Waals surface area contributed by atoms with Gasteiger partial charge in [0.05, 0.1) is 61.3 Å². The van der Waals surface area contributed by atoms with Gasteiger partial charge in [0.15, 0.2) is 30.3 Å². The molecule has 0 radical (unpaired) electrons. The van der Waals surface area contributed by atoms with Crippen molar-refractivity contribution in [3.05, 3.63) is 0 Å². The van der Waals surface area contributed by atoms with Gasteiger partial charge in [-0.05, 0) is 59.8 Å². The third kappa shape index (κ3) is 16.3. The van der Waals surface area contributed by atoms with Crippen LogP contribution in [0.3, 0.4) is 0 Å². The van der Waals surface area contributed by atoms with Crippen LogP contribution in [0.1, 0.15) is 123 Å². The smallest absolute Gasteiger partial charge is 0.311 e. The lowest BCUT2D eigenvalue weighted by Crippen LogP contribution is -2.59. The van der Waals surface area contributed by atoms with Crippen LogP contribution in [-0.4, -0.2) is 195 Å². The highest BCUT2D eigenvalue weighted by molar-refractivity contribution is 5.91. The number of carbonyl (C=O) groups excluding carboxylic acids is 4. The average Bonchev–Trinajstić information content (AvgIpc) is 3.45. The molecule has 0 spiro atoms. The monoisotopic (exact) mass is 1060 g/mol. The van der Waals surface area contributed by atoms with Gasteiger partial charge in [-0.1, -0.05) is 53.6 Å². The number of ketones is 1. The molecule has 0 bridgehead atoms. The standard InChI is InChI=1S/C53H92N2O19/c1-26(2)20-39(58)70-45-33(9)44(28(4)25-66-52-48(64-16)47(63-15)41(59)36(12)69-52)72-50(62)35(11)46(71-40-21-29(5)55(18-19-56)24-31(7)67-40)32(8)43(73-51-42(60)38(54-65-17)22-30(6)68-51)27(3)23-53(14,74-37(13)57)49(61)34(45)10/h26-36,40-48,51-52,56,59-60H,18-25H2,1-17H3/b54-38+/t27-,28-,29+,30+,31-,32+,33-,34+,35+,36+,40-,41+,42+,43-,44+,45+,46-,47+,48+,51-,52+,53-/m0/s1. The fourth-order valence-corrected chi connectivity index (χ4v) is 11.4. The van der Waals surface area contributed by atoms with Crippen LogP contribution in [0, 0.1) is 41.4 Å². The number of nitrogens with zero attached hydrogens (tertiary/aromatic N) is 2. The second-order valence-electron chi connectivity index (χ2n) is 22.1. The van der Waals surface area contributed by atoms with Gasteiger partial charge in [-0.2, -0.15) is 0 Å². The third-order valence-electron chi connectivity index (χ3n) is 15.2. The molecule has 0 aromatic rings. The summed E-state index contributed by atoms with van der Waals surface area (Å²) in [5, 5.41) is 36.6. The third-order valence-corrected chi connectivity index (χ3v) is 15.2. The molecule has 428 valence electrons. The number of rotatable bonds is 17. The maximum atomic E-state index is 15.4.